The van der Waals surface area contributed by atoms with Crippen molar-refractivity contribution in [3.8, 4) is 22.8 Å². The van der Waals surface area contributed by atoms with E-state index < -0.39 is 0 Å². The number of ether oxygens (including phenoxy) is 2. The molecule has 0 aliphatic carbocycles. The van der Waals surface area contributed by atoms with Gasteiger partial charge >= 0.3 is 0 Å². The number of fused-ring (bicyclic) bond motifs is 1. The first-order chi connectivity index (χ1) is 16.6. The number of hydrogen-bond acceptors (Lipinski definition) is 4. The van der Waals surface area contributed by atoms with Crippen LogP contribution in [0.5, 0.6) is 11.5 Å². The summed E-state index contributed by atoms with van der Waals surface area (Å²) in [6.07, 6.45) is 0. The number of carbonyl (C=O) groups excluding carboxylic acids is 1. The number of aromatic nitrogens is 2. The Bertz CT molecular complexity index is 1280. The standard InChI is InChI=1S/C28H27N3O3/c1-18(2)31-27(21-11-15-23(16-12-21)34-17-19-7-5-4-6-8-19)24-25(29-30-26(24)28(31)32)20-9-13-22(33-3)14-10-20/h4-16,18,27H,17H2,1-3H3,(H,29,30). The molecule has 1 aromatic heterocycles. The van der Waals surface area contributed by atoms with Crippen molar-refractivity contribution in [1.29, 1.82) is 0 Å². The van der Waals surface area contributed by atoms with Crippen molar-refractivity contribution < 1.29 is 14.3 Å². The predicted molar refractivity (Wildman–Crippen MR) is 131 cm³/mol. The van der Waals surface area contributed by atoms with Crippen molar-refractivity contribution in [2.24, 2.45) is 0 Å². The van der Waals surface area contributed by atoms with Gasteiger partial charge in [0.15, 0.2) is 0 Å². The van der Waals surface area contributed by atoms with Gasteiger partial charge in [-0.2, -0.15) is 5.10 Å². The number of amides is 1. The van der Waals surface area contributed by atoms with Crippen molar-refractivity contribution >= 4 is 5.91 Å². The van der Waals surface area contributed by atoms with Gasteiger partial charge in [0, 0.05) is 17.2 Å². The maximum Gasteiger partial charge on any atom is 0.273 e. The highest BCUT2D eigenvalue weighted by atomic mass is 16.5. The summed E-state index contributed by atoms with van der Waals surface area (Å²) in [5, 5.41) is 7.53. The van der Waals surface area contributed by atoms with E-state index in [2.05, 4.69) is 10.2 Å². The van der Waals surface area contributed by atoms with Crippen LogP contribution in [0, 0.1) is 0 Å². The number of nitrogens with one attached hydrogen (secondary N) is 1. The summed E-state index contributed by atoms with van der Waals surface area (Å²) in [6.45, 7) is 4.58. The van der Waals surface area contributed by atoms with Gasteiger partial charge in [-0.1, -0.05) is 42.5 Å². The van der Waals surface area contributed by atoms with Crippen LogP contribution in [0.4, 0.5) is 0 Å². The van der Waals surface area contributed by atoms with Gasteiger partial charge in [-0.25, -0.2) is 0 Å². The van der Waals surface area contributed by atoms with Crippen LogP contribution in [0.15, 0.2) is 78.9 Å². The van der Waals surface area contributed by atoms with Crippen LogP contribution < -0.4 is 9.47 Å². The minimum absolute atomic E-state index is 0.0241. The number of carbonyl (C=O) groups is 1. The number of nitrogens with zero attached hydrogens (tertiary/aromatic N) is 2. The number of rotatable bonds is 7. The Labute approximate surface area is 199 Å². The third-order valence-corrected chi connectivity index (χ3v) is 6.17. The van der Waals surface area contributed by atoms with E-state index in [-0.39, 0.29) is 18.0 Å². The van der Waals surface area contributed by atoms with E-state index in [4.69, 9.17) is 9.47 Å². The summed E-state index contributed by atoms with van der Waals surface area (Å²) in [7, 11) is 1.64. The molecule has 6 heteroatoms. The lowest BCUT2D eigenvalue weighted by atomic mass is 9.95. The molecule has 4 aromatic rings. The second-order valence-corrected chi connectivity index (χ2v) is 8.64. The van der Waals surface area contributed by atoms with Gasteiger partial charge in [-0.15, -0.1) is 0 Å². The molecule has 34 heavy (non-hydrogen) atoms. The number of methoxy groups -OCH3 is 1. The van der Waals surface area contributed by atoms with Gasteiger partial charge in [0.05, 0.1) is 18.8 Å². The predicted octanol–water partition coefficient (Wildman–Crippen LogP) is 5.62. The molecule has 0 bridgehead atoms. The van der Waals surface area contributed by atoms with Crippen molar-refractivity contribution in [3.05, 3.63) is 101 Å². The zero-order valence-electron chi connectivity index (χ0n) is 19.5. The van der Waals surface area contributed by atoms with Crippen molar-refractivity contribution in [3.63, 3.8) is 0 Å². The number of benzene rings is 3. The summed E-state index contributed by atoms with van der Waals surface area (Å²) in [6, 6.07) is 25.6. The summed E-state index contributed by atoms with van der Waals surface area (Å²) >= 11 is 0. The average molecular weight is 454 g/mol. The molecule has 1 unspecified atom stereocenters. The van der Waals surface area contributed by atoms with Crippen molar-refractivity contribution in [2.75, 3.05) is 7.11 Å². The molecule has 1 amide bonds. The molecule has 0 saturated heterocycles. The molecule has 172 valence electrons. The molecular weight excluding hydrogens is 426 g/mol. The zero-order chi connectivity index (χ0) is 23.7. The Kier molecular flexibility index (Phi) is 5.80. The van der Waals surface area contributed by atoms with E-state index in [9.17, 15) is 4.79 Å². The lowest BCUT2D eigenvalue weighted by molar-refractivity contribution is 0.0688. The Morgan fingerprint density at radius 2 is 1.62 bits per heavy atom. The molecule has 0 saturated carbocycles. The number of aromatic amines is 1. The van der Waals surface area contributed by atoms with Gasteiger partial charge in [0.2, 0.25) is 0 Å². The molecule has 1 N–H and O–H groups in total. The molecular formula is C28H27N3O3. The Hall–Kier alpha value is -4.06. The highest BCUT2D eigenvalue weighted by molar-refractivity contribution is 6.00. The molecule has 0 spiro atoms. The molecule has 3 aromatic carbocycles. The lowest BCUT2D eigenvalue weighted by Crippen LogP contribution is -2.35. The first kappa shape index (κ1) is 21.8. The maximum absolute atomic E-state index is 13.3. The smallest absolute Gasteiger partial charge is 0.273 e. The third-order valence-electron chi connectivity index (χ3n) is 6.17. The van der Waals surface area contributed by atoms with Gasteiger partial charge in [0.1, 0.15) is 23.8 Å². The number of H-pyrrole nitrogens is 1. The Morgan fingerprint density at radius 3 is 2.26 bits per heavy atom. The normalized spacial score (nSPS) is 15.0. The second kappa shape index (κ2) is 9.06. The van der Waals surface area contributed by atoms with E-state index in [1.165, 1.54) is 0 Å². The van der Waals surface area contributed by atoms with Gasteiger partial charge in [-0.3, -0.25) is 9.89 Å². The van der Waals surface area contributed by atoms with Crippen molar-refractivity contribution in [2.45, 2.75) is 32.5 Å². The van der Waals surface area contributed by atoms with Crippen LogP contribution in [0.3, 0.4) is 0 Å². The third kappa shape index (κ3) is 3.92. The molecule has 1 aliphatic rings. The summed E-state index contributed by atoms with van der Waals surface area (Å²) in [5.41, 5.74) is 5.30. The van der Waals surface area contributed by atoms with Gasteiger partial charge in [0.25, 0.3) is 5.91 Å². The minimum atomic E-state index is -0.235. The summed E-state index contributed by atoms with van der Waals surface area (Å²) in [5.74, 6) is 1.53. The molecule has 0 fully saturated rings. The first-order valence-corrected chi connectivity index (χ1v) is 11.4. The van der Waals surface area contributed by atoms with Crippen LogP contribution in [0.1, 0.15) is 47.1 Å². The van der Waals surface area contributed by atoms with Crippen LogP contribution >= 0.6 is 0 Å². The molecule has 6 nitrogen and oxygen atoms in total. The molecule has 1 aliphatic heterocycles. The van der Waals surface area contributed by atoms with E-state index in [1.807, 2.05) is 97.6 Å². The van der Waals surface area contributed by atoms with Gasteiger partial charge < -0.3 is 14.4 Å². The highest BCUT2D eigenvalue weighted by Gasteiger charge is 2.43. The fourth-order valence-electron chi connectivity index (χ4n) is 4.48. The first-order valence-electron chi connectivity index (χ1n) is 11.4. The topological polar surface area (TPSA) is 67.5 Å². The molecule has 2 heterocycles. The van der Waals surface area contributed by atoms with E-state index >= 15 is 0 Å². The van der Waals surface area contributed by atoms with Crippen LogP contribution in [0.25, 0.3) is 11.3 Å². The largest absolute Gasteiger partial charge is 0.497 e. The molecule has 0 radical (unpaired) electrons. The minimum Gasteiger partial charge on any atom is -0.497 e. The summed E-state index contributed by atoms with van der Waals surface area (Å²) < 4.78 is 11.3. The van der Waals surface area contributed by atoms with Crippen LogP contribution in [-0.2, 0) is 6.61 Å². The Balaban J connectivity index is 1.48. The van der Waals surface area contributed by atoms with Crippen LogP contribution in [0.2, 0.25) is 0 Å². The fourth-order valence-corrected chi connectivity index (χ4v) is 4.48. The van der Waals surface area contributed by atoms with Gasteiger partial charge in [-0.05, 0) is 61.4 Å². The average Bonchev–Trinajstić information content (AvgIpc) is 3.43. The fraction of sp³-hybridized carbons (Fsp3) is 0.214. The zero-order valence-corrected chi connectivity index (χ0v) is 19.5. The van der Waals surface area contributed by atoms with E-state index in [0.717, 1.165) is 39.4 Å². The maximum atomic E-state index is 13.3. The second-order valence-electron chi connectivity index (χ2n) is 8.64. The molecule has 1 atom stereocenters. The number of hydrogen-bond donors (Lipinski definition) is 1. The monoisotopic (exact) mass is 453 g/mol. The van der Waals surface area contributed by atoms with Crippen LogP contribution in [-0.4, -0.2) is 34.2 Å². The van der Waals surface area contributed by atoms with E-state index in [0.29, 0.717) is 12.3 Å². The lowest BCUT2D eigenvalue weighted by Gasteiger charge is -2.30. The quantitative estimate of drug-likeness (QED) is 0.395. The SMILES string of the molecule is COc1ccc(-c2n[nH]c3c2C(c2ccc(OCc4ccccc4)cc2)N(C(C)C)C3=O)cc1. The molecule has 5 rings (SSSR count). The highest BCUT2D eigenvalue weighted by Crippen LogP contribution is 2.44. The Morgan fingerprint density at radius 1 is 0.941 bits per heavy atom. The summed E-state index contributed by atoms with van der Waals surface area (Å²) in [4.78, 5) is 15.2. The van der Waals surface area contributed by atoms with E-state index in [1.54, 1.807) is 7.11 Å². The van der Waals surface area contributed by atoms with Crippen molar-refractivity contribution in [1.82, 2.24) is 15.1 Å².